The molecule has 3 aromatic rings. The van der Waals surface area contributed by atoms with E-state index in [9.17, 15) is 0 Å². The molecule has 0 bridgehead atoms. The van der Waals surface area contributed by atoms with Crippen LogP contribution in [0.4, 0.5) is 0 Å². The van der Waals surface area contributed by atoms with E-state index < -0.39 is 0 Å². The Bertz CT molecular complexity index is 835. The van der Waals surface area contributed by atoms with Gasteiger partial charge in [-0.2, -0.15) is 0 Å². The molecule has 0 saturated carbocycles. The van der Waals surface area contributed by atoms with Gasteiger partial charge >= 0.3 is 0 Å². The fraction of sp³-hybridized carbons (Fsp3) is 0.444. The lowest BCUT2D eigenvalue weighted by atomic mass is 9.72. The number of nitrogens with zero attached hydrogens (tertiary/aromatic N) is 7. The second kappa shape index (κ2) is 6.31. The van der Waals surface area contributed by atoms with Crippen LogP contribution in [0.3, 0.4) is 0 Å². The van der Waals surface area contributed by atoms with Crippen molar-refractivity contribution in [1.29, 1.82) is 0 Å². The van der Waals surface area contributed by atoms with Crippen molar-refractivity contribution in [3.05, 3.63) is 48.0 Å². The molecule has 0 N–H and O–H groups in total. The summed E-state index contributed by atoms with van der Waals surface area (Å²) in [4.78, 5) is 0. The second-order valence-electron chi connectivity index (χ2n) is 7.43. The van der Waals surface area contributed by atoms with Gasteiger partial charge in [-0.1, -0.05) is 49.4 Å². The molecule has 7 nitrogen and oxygen atoms in total. The Morgan fingerprint density at radius 2 is 1.52 bits per heavy atom. The van der Waals surface area contributed by atoms with Crippen LogP contribution in [0.5, 0.6) is 0 Å². The van der Waals surface area contributed by atoms with Crippen molar-refractivity contribution < 1.29 is 0 Å². The minimum Gasteiger partial charge on any atom is -0.246 e. The maximum Gasteiger partial charge on any atom is 0.203 e. The minimum absolute atomic E-state index is 0.176. The molecule has 2 aromatic heterocycles. The molecule has 0 amide bonds. The molecule has 0 saturated heterocycles. The monoisotopic (exact) mass is 337 g/mol. The van der Waals surface area contributed by atoms with Gasteiger partial charge in [0.05, 0.1) is 11.2 Å². The topological polar surface area (TPSA) is 82.3 Å². The van der Waals surface area contributed by atoms with Gasteiger partial charge in [0.15, 0.2) is 5.82 Å². The largest absolute Gasteiger partial charge is 0.246 e. The SMILES string of the molecule is Cc1cn(C(C)(C)C(C)(C)Cc2nnc(-c3ccccc3)nn2)nn1. The summed E-state index contributed by atoms with van der Waals surface area (Å²) in [7, 11) is 0. The van der Waals surface area contributed by atoms with Crippen molar-refractivity contribution in [3.63, 3.8) is 0 Å². The molecule has 0 aliphatic rings. The molecule has 0 unspecified atom stereocenters. The van der Waals surface area contributed by atoms with E-state index in [4.69, 9.17) is 0 Å². The fourth-order valence-electron chi connectivity index (χ4n) is 2.57. The van der Waals surface area contributed by atoms with Crippen LogP contribution in [0.15, 0.2) is 36.5 Å². The molecule has 0 fully saturated rings. The summed E-state index contributed by atoms with van der Waals surface area (Å²) in [6.07, 6.45) is 2.59. The van der Waals surface area contributed by atoms with Gasteiger partial charge in [0.2, 0.25) is 5.82 Å². The first kappa shape index (κ1) is 17.1. The highest BCUT2D eigenvalue weighted by Gasteiger charge is 2.40. The van der Waals surface area contributed by atoms with Crippen molar-refractivity contribution in [1.82, 2.24) is 35.4 Å². The van der Waals surface area contributed by atoms with Gasteiger partial charge in [-0.05, 0) is 26.2 Å². The summed E-state index contributed by atoms with van der Waals surface area (Å²) in [5, 5.41) is 25.4. The van der Waals surface area contributed by atoms with E-state index in [0.29, 0.717) is 18.1 Å². The van der Waals surface area contributed by atoms with Crippen molar-refractivity contribution in [2.24, 2.45) is 5.41 Å². The van der Waals surface area contributed by atoms with E-state index in [-0.39, 0.29) is 11.0 Å². The molecule has 7 heteroatoms. The lowest BCUT2D eigenvalue weighted by molar-refractivity contribution is 0.0984. The first-order valence-corrected chi connectivity index (χ1v) is 8.31. The van der Waals surface area contributed by atoms with Gasteiger partial charge in [-0.15, -0.1) is 25.5 Å². The zero-order chi connectivity index (χ0) is 18.1. The van der Waals surface area contributed by atoms with E-state index >= 15 is 0 Å². The molecule has 0 atom stereocenters. The Labute approximate surface area is 147 Å². The van der Waals surface area contributed by atoms with E-state index in [1.165, 1.54) is 0 Å². The molecule has 130 valence electrons. The third kappa shape index (κ3) is 3.40. The van der Waals surface area contributed by atoms with Gasteiger partial charge in [0.25, 0.3) is 0 Å². The van der Waals surface area contributed by atoms with Crippen molar-refractivity contribution in [2.75, 3.05) is 0 Å². The zero-order valence-electron chi connectivity index (χ0n) is 15.3. The van der Waals surface area contributed by atoms with Crippen LogP contribution in [0.2, 0.25) is 0 Å². The third-order valence-corrected chi connectivity index (χ3v) is 4.99. The van der Waals surface area contributed by atoms with Crippen LogP contribution < -0.4 is 0 Å². The van der Waals surface area contributed by atoms with Crippen molar-refractivity contribution >= 4 is 0 Å². The molecule has 2 heterocycles. The minimum atomic E-state index is -0.268. The van der Waals surface area contributed by atoms with Crippen LogP contribution in [0.1, 0.15) is 39.2 Å². The van der Waals surface area contributed by atoms with Gasteiger partial charge in [-0.3, -0.25) is 0 Å². The highest BCUT2D eigenvalue weighted by atomic mass is 15.4. The quantitative estimate of drug-likeness (QED) is 0.712. The number of hydrogen-bond acceptors (Lipinski definition) is 6. The van der Waals surface area contributed by atoms with Gasteiger partial charge in [-0.25, -0.2) is 4.68 Å². The number of benzene rings is 1. The summed E-state index contributed by atoms with van der Waals surface area (Å²) >= 11 is 0. The highest BCUT2D eigenvalue weighted by Crippen LogP contribution is 2.38. The predicted molar refractivity (Wildman–Crippen MR) is 94.6 cm³/mol. The fourth-order valence-corrected chi connectivity index (χ4v) is 2.57. The first-order chi connectivity index (χ1) is 11.8. The zero-order valence-corrected chi connectivity index (χ0v) is 15.3. The standard InChI is InChI=1S/C18H23N7/c1-13-12-25(24-19-13)18(4,5)17(2,3)11-15-20-22-16(23-21-15)14-9-7-6-8-10-14/h6-10,12H,11H2,1-5H3. The van der Waals surface area contributed by atoms with Crippen molar-refractivity contribution in [2.45, 2.75) is 46.6 Å². The lowest BCUT2D eigenvalue weighted by Gasteiger charge is -2.40. The van der Waals surface area contributed by atoms with E-state index in [1.807, 2.05) is 48.1 Å². The molecule has 1 aromatic carbocycles. The molecule has 0 aliphatic carbocycles. The normalized spacial score (nSPS) is 12.4. The Hall–Kier alpha value is -2.70. The Balaban J connectivity index is 1.81. The second-order valence-corrected chi connectivity index (χ2v) is 7.43. The van der Waals surface area contributed by atoms with Crippen LogP contribution in [0.25, 0.3) is 11.4 Å². The molecular weight excluding hydrogens is 314 g/mol. The number of aromatic nitrogens is 7. The Morgan fingerprint density at radius 3 is 2.08 bits per heavy atom. The Kier molecular flexibility index (Phi) is 4.32. The summed E-state index contributed by atoms with van der Waals surface area (Å²) in [6.45, 7) is 10.5. The van der Waals surface area contributed by atoms with Gasteiger partial charge < -0.3 is 0 Å². The average molecular weight is 337 g/mol. The molecule has 0 radical (unpaired) electrons. The predicted octanol–water partition coefficient (Wildman–Crippen LogP) is 2.84. The number of aryl methyl sites for hydroxylation is 1. The molecule has 0 spiro atoms. The van der Waals surface area contributed by atoms with E-state index in [1.54, 1.807) is 0 Å². The van der Waals surface area contributed by atoms with Crippen LogP contribution in [-0.2, 0) is 12.0 Å². The van der Waals surface area contributed by atoms with Crippen LogP contribution in [-0.4, -0.2) is 35.4 Å². The third-order valence-electron chi connectivity index (χ3n) is 4.99. The Morgan fingerprint density at radius 1 is 0.880 bits per heavy atom. The summed E-state index contributed by atoms with van der Waals surface area (Å²) in [6, 6.07) is 9.72. The maximum atomic E-state index is 4.28. The average Bonchev–Trinajstić information content (AvgIpc) is 3.03. The highest BCUT2D eigenvalue weighted by molar-refractivity contribution is 5.52. The first-order valence-electron chi connectivity index (χ1n) is 8.31. The molecule has 3 rings (SSSR count). The smallest absolute Gasteiger partial charge is 0.203 e. The van der Waals surface area contributed by atoms with E-state index in [0.717, 1.165) is 11.3 Å². The van der Waals surface area contributed by atoms with Crippen LogP contribution in [0, 0.1) is 12.3 Å². The number of hydrogen-bond donors (Lipinski definition) is 0. The molecular formula is C18H23N7. The summed E-state index contributed by atoms with van der Waals surface area (Å²) in [5.74, 6) is 1.16. The summed E-state index contributed by atoms with van der Waals surface area (Å²) < 4.78 is 1.90. The molecule has 25 heavy (non-hydrogen) atoms. The lowest BCUT2D eigenvalue weighted by Crippen LogP contribution is -2.44. The van der Waals surface area contributed by atoms with Gasteiger partial charge in [0.1, 0.15) is 0 Å². The van der Waals surface area contributed by atoms with Gasteiger partial charge in [0, 0.05) is 18.2 Å². The van der Waals surface area contributed by atoms with Crippen molar-refractivity contribution in [3.8, 4) is 11.4 Å². The molecule has 0 aliphatic heterocycles. The number of rotatable bonds is 5. The summed E-state index contributed by atoms with van der Waals surface area (Å²) in [5.41, 5.74) is 1.36. The maximum absolute atomic E-state index is 4.28. The van der Waals surface area contributed by atoms with Crippen LogP contribution >= 0.6 is 0 Å². The van der Waals surface area contributed by atoms with E-state index in [2.05, 4.69) is 58.4 Å².